The van der Waals surface area contributed by atoms with E-state index in [-0.39, 0.29) is 16.6 Å². The second kappa shape index (κ2) is 6.85. The van der Waals surface area contributed by atoms with E-state index in [9.17, 15) is 14.9 Å². The fourth-order valence-corrected chi connectivity index (χ4v) is 3.39. The first-order chi connectivity index (χ1) is 11.9. The van der Waals surface area contributed by atoms with Crippen LogP contribution in [0.1, 0.15) is 6.42 Å². The lowest BCUT2D eigenvalue weighted by Crippen LogP contribution is -2.40. The highest BCUT2D eigenvalue weighted by Crippen LogP contribution is 2.33. The number of nitrogens with zero attached hydrogens (tertiary/aromatic N) is 4. The van der Waals surface area contributed by atoms with Crippen LogP contribution in [-0.4, -0.2) is 35.4 Å². The third kappa shape index (κ3) is 3.25. The molecule has 1 aromatic carbocycles. The van der Waals surface area contributed by atoms with E-state index >= 15 is 0 Å². The Morgan fingerprint density at radius 2 is 2.04 bits per heavy atom. The van der Waals surface area contributed by atoms with Crippen LogP contribution in [0.4, 0.5) is 17.2 Å². The smallest absolute Gasteiger partial charge is 0.289 e. The molecule has 9 heteroatoms. The monoisotopic (exact) mass is 380 g/mol. The number of halogens is 2. The number of pyridine rings is 1. The van der Waals surface area contributed by atoms with Crippen LogP contribution in [0.15, 0.2) is 36.5 Å². The van der Waals surface area contributed by atoms with E-state index in [1.165, 1.54) is 6.07 Å². The van der Waals surface area contributed by atoms with Gasteiger partial charge in [0.1, 0.15) is 18.1 Å². The molecule has 2 heterocycles. The molecule has 1 unspecified atom stereocenters. The number of anilines is 2. The summed E-state index contributed by atoms with van der Waals surface area (Å²) in [6.45, 7) is 0.516. The molecule has 0 spiro atoms. The van der Waals surface area contributed by atoms with E-state index in [4.69, 9.17) is 23.2 Å². The fourth-order valence-electron chi connectivity index (χ4n) is 2.86. The van der Waals surface area contributed by atoms with Crippen molar-refractivity contribution >= 4 is 46.3 Å². The van der Waals surface area contributed by atoms with Crippen LogP contribution in [-0.2, 0) is 4.79 Å². The van der Waals surface area contributed by atoms with Crippen LogP contribution in [0.3, 0.4) is 0 Å². The molecule has 0 bridgehead atoms. The molecule has 130 valence electrons. The second-order valence-corrected chi connectivity index (χ2v) is 6.43. The summed E-state index contributed by atoms with van der Waals surface area (Å²) in [6, 6.07) is 7.90. The lowest BCUT2D eigenvalue weighted by atomic mass is 10.2. The minimum Gasteiger partial charge on any atom is -0.346 e. The highest BCUT2D eigenvalue weighted by atomic mass is 35.5. The summed E-state index contributed by atoms with van der Waals surface area (Å²) in [6.07, 6.45) is 1.69. The zero-order valence-electron chi connectivity index (χ0n) is 13.2. The Kier molecular flexibility index (Phi) is 4.78. The van der Waals surface area contributed by atoms with Gasteiger partial charge in [0.25, 0.3) is 5.69 Å². The van der Waals surface area contributed by atoms with Gasteiger partial charge in [0, 0.05) is 19.7 Å². The third-order valence-corrected chi connectivity index (χ3v) is 4.74. The number of rotatable bonds is 4. The molecular formula is C16H14Cl2N4O3. The average molecular weight is 381 g/mol. The molecular weight excluding hydrogens is 367 g/mol. The molecule has 1 aliphatic rings. The molecule has 1 amide bonds. The lowest BCUT2D eigenvalue weighted by molar-refractivity contribution is -0.385. The van der Waals surface area contributed by atoms with Crippen molar-refractivity contribution in [3.63, 3.8) is 0 Å². The molecule has 2 aromatic rings. The van der Waals surface area contributed by atoms with Gasteiger partial charge in [-0.25, -0.2) is 4.98 Å². The fraction of sp³-hybridized carbons (Fsp3) is 0.250. The van der Waals surface area contributed by atoms with Crippen LogP contribution in [0.5, 0.6) is 0 Å². The Bertz CT molecular complexity index is 846. The lowest BCUT2D eigenvalue weighted by Gasteiger charge is -2.25. The van der Waals surface area contributed by atoms with Crippen LogP contribution < -0.4 is 9.80 Å². The molecule has 0 saturated carbocycles. The number of likely N-dealkylation sites (N-methyl/N-ethyl adjacent to an activating group) is 1. The zero-order valence-corrected chi connectivity index (χ0v) is 14.7. The molecule has 1 fully saturated rings. The molecule has 1 atom stereocenters. The van der Waals surface area contributed by atoms with Gasteiger partial charge in [0.15, 0.2) is 0 Å². The summed E-state index contributed by atoms with van der Waals surface area (Å²) in [5.41, 5.74) is 0.463. The molecule has 0 aliphatic carbocycles. The van der Waals surface area contributed by atoms with Crippen molar-refractivity contribution in [3.05, 3.63) is 56.7 Å². The molecule has 0 radical (unpaired) electrons. The molecule has 25 heavy (non-hydrogen) atoms. The number of para-hydroxylation sites is 1. The van der Waals surface area contributed by atoms with E-state index in [1.54, 1.807) is 35.0 Å². The highest BCUT2D eigenvalue weighted by Gasteiger charge is 2.37. The molecule has 7 nitrogen and oxygen atoms in total. The van der Waals surface area contributed by atoms with Crippen molar-refractivity contribution in [2.24, 2.45) is 0 Å². The van der Waals surface area contributed by atoms with Crippen molar-refractivity contribution in [2.45, 2.75) is 12.5 Å². The Morgan fingerprint density at radius 3 is 2.68 bits per heavy atom. The summed E-state index contributed by atoms with van der Waals surface area (Å²) in [4.78, 5) is 30.4. The van der Waals surface area contributed by atoms with Crippen molar-refractivity contribution in [1.82, 2.24) is 4.98 Å². The van der Waals surface area contributed by atoms with Gasteiger partial charge in [-0.1, -0.05) is 35.3 Å². The van der Waals surface area contributed by atoms with E-state index in [0.29, 0.717) is 29.5 Å². The first kappa shape index (κ1) is 17.4. The van der Waals surface area contributed by atoms with Gasteiger partial charge in [-0.2, -0.15) is 0 Å². The number of aromatic nitrogens is 1. The maximum absolute atomic E-state index is 12.8. The predicted octanol–water partition coefficient (Wildman–Crippen LogP) is 3.54. The van der Waals surface area contributed by atoms with Gasteiger partial charge >= 0.3 is 0 Å². The predicted molar refractivity (Wildman–Crippen MR) is 96.5 cm³/mol. The first-order valence-electron chi connectivity index (χ1n) is 7.49. The Balaban J connectivity index is 1.85. The van der Waals surface area contributed by atoms with Crippen LogP contribution in [0.25, 0.3) is 0 Å². The zero-order chi connectivity index (χ0) is 18.1. The van der Waals surface area contributed by atoms with E-state index < -0.39 is 11.0 Å². The normalized spacial score (nSPS) is 17.0. The number of carbonyl (C=O) groups excluding carboxylic acids is 1. The Morgan fingerprint density at radius 1 is 1.32 bits per heavy atom. The largest absolute Gasteiger partial charge is 0.346 e. The first-order valence-corrected chi connectivity index (χ1v) is 8.24. The summed E-state index contributed by atoms with van der Waals surface area (Å²) < 4.78 is 0. The number of carbonyl (C=O) groups is 1. The minimum atomic E-state index is -0.567. The van der Waals surface area contributed by atoms with Crippen LogP contribution >= 0.6 is 23.2 Å². The summed E-state index contributed by atoms with van der Waals surface area (Å²) in [5, 5.41) is 11.4. The van der Waals surface area contributed by atoms with Crippen molar-refractivity contribution in [1.29, 1.82) is 0 Å². The summed E-state index contributed by atoms with van der Waals surface area (Å²) in [5.74, 6) is 0.207. The molecule has 1 aliphatic heterocycles. The van der Waals surface area contributed by atoms with Gasteiger partial charge in [-0.05, 0) is 18.6 Å². The van der Waals surface area contributed by atoms with E-state index in [1.807, 2.05) is 6.07 Å². The van der Waals surface area contributed by atoms with Crippen LogP contribution in [0, 0.1) is 10.1 Å². The third-order valence-electron chi connectivity index (χ3n) is 4.14. The maximum atomic E-state index is 12.8. The minimum absolute atomic E-state index is 0.119. The van der Waals surface area contributed by atoms with Gasteiger partial charge in [-0.15, -0.1) is 0 Å². The van der Waals surface area contributed by atoms with E-state index in [0.717, 1.165) is 6.20 Å². The number of nitro groups is 1. The van der Waals surface area contributed by atoms with E-state index in [2.05, 4.69) is 4.98 Å². The summed E-state index contributed by atoms with van der Waals surface area (Å²) in [7, 11) is 1.69. The maximum Gasteiger partial charge on any atom is 0.289 e. The second-order valence-electron chi connectivity index (χ2n) is 5.61. The van der Waals surface area contributed by atoms with Crippen molar-refractivity contribution < 1.29 is 9.72 Å². The van der Waals surface area contributed by atoms with Gasteiger partial charge in [0.05, 0.1) is 20.7 Å². The average Bonchev–Trinajstić information content (AvgIpc) is 2.96. The van der Waals surface area contributed by atoms with Gasteiger partial charge in [-0.3, -0.25) is 14.9 Å². The highest BCUT2D eigenvalue weighted by molar-refractivity contribution is 6.34. The molecule has 0 N–H and O–H groups in total. The standard InChI is InChI=1S/C16H14Cl2N4O3/c1-20(15-12(18)8-10(9-19-15)22(24)25)14-6-7-21(16(14)23)13-5-3-2-4-11(13)17/h2-5,8-9,14H,6-7H2,1H3. The van der Waals surface area contributed by atoms with Crippen LogP contribution in [0.2, 0.25) is 10.0 Å². The van der Waals surface area contributed by atoms with Crippen molar-refractivity contribution in [3.8, 4) is 0 Å². The molecule has 1 saturated heterocycles. The summed E-state index contributed by atoms with van der Waals surface area (Å²) >= 11 is 12.3. The number of hydrogen-bond acceptors (Lipinski definition) is 5. The molecule has 1 aromatic heterocycles. The number of benzene rings is 1. The quantitative estimate of drug-likeness (QED) is 0.598. The van der Waals surface area contributed by atoms with Gasteiger partial charge < -0.3 is 9.80 Å². The SMILES string of the molecule is CN(c1ncc([N+](=O)[O-])cc1Cl)C1CCN(c2ccccc2Cl)C1=O. The number of amides is 1. The molecule has 3 rings (SSSR count). The van der Waals surface area contributed by atoms with Gasteiger partial charge in [0.2, 0.25) is 5.91 Å². The number of hydrogen-bond donors (Lipinski definition) is 0. The Labute approximate surface area is 153 Å². The van der Waals surface area contributed by atoms with Crippen molar-refractivity contribution in [2.75, 3.05) is 23.4 Å². The topological polar surface area (TPSA) is 79.6 Å². The Hall–Kier alpha value is -2.38.